The molecule has 10 heavy (non-hydrogen) atoms. The van der Waals surface area contributed by atoms with Gasteiger partial charge in [0.2, 0.25) is 0 Å². The molecule has 0 aliphatic carbocycles. The zero-order valence-electron chi connectivity index (χ0n) is 5.28. The van der Waals surface area contributed by atoms with Crippen molar-refractivity contribution in [3.63, 3.8) is 0 Å². The van der Waals surface area contributed by atoms with Crippen LogP contribution in [0.15, 0.2) is 12.1 Å². The van der Waals surface area contributed by atoms with E-state index in [-0.39, 0.29) is 6.61 Å². The first-order valence-corrected chi connectivity index (χ1v) is 2.89. The first-order valence-electron chi connectivity index (χ1n) is 2.89. The number of aliphatic hydroxyl groups excluding tert-OH is 1. The van der Waals surface area contributed by atoms with Crippen LogP contribution in [0.25, 0.3) is 0 Å². The Bertz CT molecular complexity index is 210. The molecule has 4 nitrogen and oxygen atoms in total. The lowest BCUT2D eigenvalue weighted by Crippen LogP contribution is -2.30. The fourth-order valence-electron chi connectivity index (χ4n) is 0.702. The molecule has 1 aromatic heterocycles. The summed E-state index contributed by atoms with van der Waals surface area (Å²) in [6, 6.07) is 3.10. The van der Waals surface area contributed by atoms with Gasteiger partial charge in [-0.2, -0.15) is 0 Å². The van der Waals surface area contributed by atoms with Crippen LogP contribution in [0, 0.1) is 0 Å². The number of hydrogen-bond donors (Lipinski definition) is 4. The highest BCUT2D eigenvalue weighted by molar-refractivity contribution is 6.57. The number of aromatic amines is 1. The molecule has 1 aromatic rings. The molecule has 0 aliphatic rings. The van der Waals surface area contributed by atoms with Gasteiger partial charge in [0.15, 0.2) is 0 Å². The Morgan fingerprint density at radius 3 is 2.40 bits per heavy atom. The average molecular weight is 141 g/mol. The molecular weight excluding hydrogens is 133 g/mol. The van der Waals surface area contributed by atoms with Crippen LogP contribution in [0.2, 0.25) is 0 Å². The van der Waals surface area contributed by atoms with Crippen molar-refractivity contribution in [2.24, 2.45) is 0 Å². The quantitative estimate of drug-likeness (QED) is 0.366. The van der Waals surface area contributed by atoms with Crippen LogP contribution in [0.1, 0.15) is 5.69 Å². The van der Waals surface area contributed by atoms with Gasteiger partial charge < -0.3 is 20.1 Å². The van der Waals surface area contributed by atoms with E-state index in [2.05, 4.69) is 4.98 Å². The first-order chi connectivity index (χ1) is 4.74. The van der Waals surface area contributed by atoms with Gasteiger partial charge in [0.1, 0.15) is 0 Å². The molecule has 0 amide bonds. The van der Waals surface area contributed by atoms with Crippen LogP contribution < -0.4 is 5.59 Å². The Hall–Kier alpha value is -0.775. The number of H-pyrrole nitrogens is 1. The molecule has 0 saturated carbocycles. The Labute approximate surface area is 58.3 Å². The molecule has 0 saturated heterocycles. The van der Waals surface area contributed by atoms with Gasteiger partial charge in [-0.15, -0.1) is 0 Å². The second kappa shape index (κ2) is 2.87. The summed E-state index contributed by atoms with van der Waals surface area (Å²) in [5.41, 5.74) is 0.868. The van der Waals surface area contributed by atoms with E-state index in [1.807, 2.05) is 0 Å². The summed E-state index contributed by atoms with van der Waals surface area (Å²) in [6.07, 6.45) is 0. The highest BCUT2D eigenvalue weighted by atomic mass is 16.4. The van der Waals surface area contributed by atoms with E-state index in [9.17, 15) is 0 Å². The highest BCUT2D eigenvalue weighted by Gasteiger charge is 2.11. The monoisotopic (exact) mass is 141 g/mol. The minimum absolute atomic E-state index is 0.118. The number of aliphatic hydroxyl groups is 1. The molecule has 4 N–H and O–H groups in total. The van der Waals surface area contributed by atoms with Gasteiger partial charge in [0.25, 0.3) is 0 Å². The molecule has 0 fully saturated rings. The second-order valence-electron chi connectivity index (χ2n) is 1.97. The number of rotatable bonds is 2. The molecule has 0 radical (unpaired) electrons. The van der Waals surface area contributed by atoms with Crippen molar-refractivity contribution in [1.82, 2.24) is 4.98 Å². The van der Waals surface area contributed by atoms with Crippen molar-refractivity contribution in [3.05, 3.63) is 17.8 Å². The lowest BCUT2D eigenvalue weighted by Gasteiger charge is -1.91. The van der Waals surface area contributed by atoms with Gasteiger partial charge in [-0.05, 0) is 12.1 Å². The lowest BCUT2D eigenvalue weighted by atomic mass is 9.87. The van der Waals surface area contributed by atoms with E-state index >= 15 is 0 Å². The van der Waals surface area contributed by atoms with E-state index in [1.165, 1.54) is 6.07 Å². The smallest absolute Gasteiger partial charge is 0.422 e. The number of hydrogen-bond acceptors (Lipinski definition) is 3. The molecular formula is C5H8BNO3. The third-order valence-corrected chi connectivity index (χ3v) is 1.22. The van der Waals surface area contributed by atoms with Crippen molar-refractivity contribution in [3.8, 4) is 0 Å². The summed E-state index contributed by atoms with van der Waals surface area (Å²) >= 11 is 0. The molecule has 0 unspecified atom stereocenters. The van der Waals surface area contributed by atoms with Crippen molar-refractivity contribution >= 4 is 12.7 Å². The van der Waals surface area contributed by atoms with Crippen LogP contribution in [0.4, 0.5) is 0 Å². The van der Waals surface area contributed by atoms with Crippen molar-refractivity contribution in [2.75, 3.05) is 0 Å². The van der Waals surface area contributed by atoms with E-state index in [0.29, 0.717) is 11.3 Å². The summed E-state index contributed by atoms with van der Waals surface area (Å²) in [6.45, 7) is -0.118. The average Bonchev–Trinajstić information content (AvgIpc) is 2.34. The standard InChI is InChI=1S/C5H8BNO3/c8-3-4-1-2-5(7-4)6(9)10/h1-2,7-10H,3H2. The van der Waals surface area contributed by atoms with E-state index in [4.69, 9.17) is 15.2 Å². The molecule has 1 heterocycles. The Morgan fingerprint density at radius 1 is 1.40 bits per heavy atom. The zero-order chi connectivity index (χ0) is 7.56. The molecule has 5 heteroatoms. The molecule has 0 aliphatic heterocycles. The predicted molar refractivity (Wildman–Crippen MR) is 36.5 cm³/mol. The largest absolute Gasteiger partial charge is 0.505 e. The topological polar surface area (TPSA) is 76.5 Å². The van der Waals surface area contributed by atoms with Crippen LogP contribution >= 0.6 is 0 Å². The van der Waals surface area contributed by atoms with Crippen LogP contribution in [0.3, 0.4) is 0 Å². The van der Waals surface area contributed by atoms with Gasteiger partial charge in [-0.25, -0.2) is 0 Å². The molecule has 0 bridgehead atoms. The van der Waals surface area contributed by atoms with Crippen LogP contribution in [-0.2, 0) is 6.61 Å². The summed E-state index contributed by atoms with van der Waals surface area (Å²) in [4.78, 5) is 2.61. The third kappa shape index (κ3) is 1.38. The third-order valence-electron chi connectivity index (χ3n) is 1.22. The summed E-state index contributed by atoms with van der Waals surface area (Å²) in [5.74, 6) is 0. The molecule has 0 aromatic carbocycles. The molecule has 1 rings (SSSR count). The van der Waals surface area contributed by atoms with Crippen molar-refractivity contribution < 1.29 is 15.2 Å². The maximum atomic E-state index is 8.58. The molecule has 0 atom stereocenters. The maximum absolute atomic E-state index is 8.58. The van der Waals surface area contributed by atoms with Crippen LogP contribution in [-0.4, -0.2) is 27.3 Å². The molecule has 0 spiro atoms. The van der Waals surface area contributed by atoms with E-state index < -0.39 is 7.12 Å². The van der Waals surface area contributed by atoms with Crippen molar-refractivity contribution in [1.29, 1.82) is 0 Å². The number of aromatic nitrogens is 1. The SMILES string of the molecule is OCc1ccc(B(O)O)[nH]1. The van der Waals surface area contributed by atoms with Crippen molar-refractivity contribution in [2.45, 2.75) is 6.61 Å². The summed E-state index contributed by atoms with van der Waals surface area (Å²) < 4.78 is 0. The van der Waals surface area contributed by atoms with Gasteiger partial charge in [0.05, 0.1) is 6.61 Å². The van der Waals surface area contributed by atoms with Gasteiger partial charge >= 0.3 is 7.12 Å². The Balaban J connectivity index is 2.78. The normalized spacial score (nSPS) is 9.90. The fourth-order valence-corrected chi connectivity index (χ4v) is 0.702. The zero-order valence-corrected chi connectivity index (χ0v) is 5.28. The fraction of sp³-hybridized carbons (Fsp3) is 0.200. The van der Waals surface area contributed by atoms with Gasteiger partial charge in [0, 0.05) is 11.3 Å². The minimum atomic E-state index is -1.49. The summed E-state index contributed by atoms with van der Waals surface area (Å²) in [7, 11) is -1.49. The Kier molecular flexibility index (Phi) is 2.11. The Morgan fingerprint density at radius 2 is 2.10 bits per heavy atom. The van der Waals surface area contributed by atoms with Gasteiger partial charge in [-0.3, -0.25) is 0 Å². The maximum Gasteiger partial charge on any atom is 0.505 e. The van der Waals surface area contributed by atoms with Crippen LogP contribution in [0.5, 0.6) is 0 Å². The van der Waals surface area contributed by atoms with Gasteiger partial charge in [-0.1, -0.05) is 0 Å². The first kappa shape index (κ1) is 7.33. The predicted octanol–water partition coefficient (Wildman–Crippen LogP) is -1.81. The van der Waals surface area contributed by atoms with E-state index in [1.54, 1.807) is 6.07 Å². The number of nitrogens with one attached hydrogen (secondary N) is 1. The minimum Gasteiger partial charge on any atom is -0.422 e. The lowest BCUT2D eigenvalue weighted by molar-refractivity contribution is 0.277. The second-order valence-corrected chi connectivity index (χ2v) is 1.97. The highest BCUT2D eigenvalue weighted by Crippen LogP contribution is 1.90. The van der Waals surface area contributed by atoms with E-state index in [0.717, 1.165) is 0 Å². The summed E-state index contributed by atoms with van der Waals surface area (Å²) in [5, 5.41) is 25.7. The molecule has 54 valence electrons.